The summed E-state index contributed by atoms with van der Waals surface area (Å²) in [7, 11) is 0. The molecule has 0 radical (unpaired) electrons. The van der Waals surface area contributed by atoms with Crippen LogP contribution in [0.4, 0.5) is 34.6 Å². The number of rotatable bonds is 5. The molecule has 12 heteroatoms. The molecule has 1 fully saturated rings. The van der Waals surface area contributed by atoms with Gasteiger partial charge in [0.15, 0.2) is 0 Å². The standard InChI is InChI=1S/C24H22FN3O3.C2HF3O2/c25-20-8-4-5-9-22(20)28-14-12-27(13-15-28)21-11-10-18(16-19(21)24(30)31)26-23(29)17-6-2-1-3-7-17;3-2(4,5)1(6)7/h1-11,16H,12-15H2,(H,26,29)(H,30,31);(H,6,7). The van der Waals surface area contributed by atoms with Crippen molar-refractivity contribution in [1.82, 2.24) is 0 Å². The van der Waals surface area contributed by atoms with Crippen LogP contribution in [0.3, 0.4) is 0 Å². The molecule has 1 aliphatic rings. The van der Waals surface area contributed by atoms with Gasteiger partial charge in [-0.15, -0.1) is 0 Å². The minimum atomic E-state index is -5.08. The Bertz CT molecular complexity index is 1290. The van der Waals surface area contributed by atoms with E-state index >= 15 is 0 Å². The molecule has 3 N–H and O–H groups in total. The van der Waals surface area contributed by atoms with Crippen LogP contribution in [0.5, 0.6) is 0 Å². The van der Waals surface area contributed by atoms with E-state index in [4.69, 9.17) is 9.90 Å². The number of para-hydroxylation sites is 1. The molecule has 200 valence electrons. The Balaban J connectivity index is 0.000000505. The Morgan fingerprint density at radius 2 is 1.29 bits per heavy atom. The lowest BCUT2D eigenvalue weighted by molar-refractivity contribution is -0.192. The monoisotopic (exact) mass is 533 g/mol. The number of aliphatic carboxylic acids is 1. The van der Waals surface area contributed by atoms with Gasteiger partial charge in [-0.1, -0.05) is 30.3 Å². The topological polar surface area (TPSA) is 110 Å². The van der Waals surface area contributed by atoms with Crippen molar-refractivity contribution in [1.29, 1.82) is 0 Å². The summed E-state index contributed by atoms with van der Waals surface area (Å²) in [5, 5.41) is 19.6. The third kappa shape index (κ3) is 7.21. The third-order valence-electron chi connectivity index (χ3n) is 5.58. The molecular weight excluding hydrogens is 510 g/mol. The summed E-state index contributed by atoms with van der Waals surface area (Å²) in [6.07, 6.45) is -5.08. The minimum Gasteiger partial charge on any atom is -0.478 e. The summed E-state index contributed by atoms with van der Waals surface area (Å²) >= 11 is 0. The van der Waals surface area contributed by atoms with Crippen molar-refractivity contribution in [2.75, 3.05) is 41.3 Å². The minimum absolute atomic E-state index is 0.116. The van der Waals surface area contributed by atoms with Crippen LogP contribution in [-0.4, -0.2) is 60.4 Å². The van der Waals surface area contributed by atoms with Crippen LogP contribution in [0.25, 0.3) is 0 Å². The average Bonchev–Trinajstić information content (AvgIpc) is 2.89. The third-order valence-corrected chi connectivity index (χ3v) is 5.58. The van der Waals surface area contributed by atoms with Crippen molar-refractivity contribution in [2.45, 2.75) is 6.18 Å². The fourth-order valence-corrected chi connectivity index (χ4v) is 3.75. The van der Waals surface area contributed by atoms with Gasteiger partial charge in [-0.3, -0.25) is 4.79 Å². The van der Waals surface area contributed by atoms with E-state index in [-0.39, 0.29) is 17.3 Å². The van der Waals surface area contributed by atoms with Crippen molar-refractivity contribution in [3.63, 3.8) is 0 Å². The van der Waals surface area contributed by atoms with Crippen LogP contribution in [0.2, 0.25) is 0 Å². The number of hydrogen-bond donors (Lipinski definition) is 3. The number of carbonyl (C=O) groups excluding carboxylic acids is 1. The zero-order valence-electron chi connectivity index (χ0n) is 19.8. The van der Waals surface area contributed by atoms with Gasteiger partial charge in [-0.25, -0.2) is 14.0 Å². The van der Waals surface area contributed by atoms with Crippen LogP contribution < -0.4 is 15.1 Å². The highest BCUT2D eigenvalue weighted by molar-refractivity contribution is 6.05. The second kappa shape index (κ2) is 12.1. The maximum atomic E-state index is 14.1. The fraction of sp³-hybridized carbons (Fsp3) is 0.192. The van der Waals surface area contributed by atoms with Gasteiger partial charge < -0.3 is 25.3 Å². The first-order valence-corrected chi connectivity index (χ1v) is 11.3. The van der Waals surface area contributed by atoms with Crippen LogP contribution >= 0.6 is 0 Å². The van der Waals surface area contributed by atoms with Crippen LogP contribution in [0, 0.1) is 5.82 Å². The number of amides is 1. The number of halogens is 4. The number of alkyl halides is 3. The zero-order chi connectivity index (χ0) is 27.9. The summed E-state index contributed by atoms with van der Waals surface area (Å²) in [6, 6.07) is 20.3. The predicted molar refractivity (Wildman–Crippen MR) is 132 cm³/mol. The molecule has 8 nitrogen and oxygen atoms in total. The number of piperazine rings is 1. The van der Waals surface area contributed by atoms with Gasteiger partial charge in [0, 0.05) is 37.4 Å². The van der Waals surface area contributed by atoms with Crippen molar-refractivity contribution in [2.24, 2.45) is 0 Å². The van der Waals surface area contributed by atoms with Gasteiger partial charge in [0.25, 0.3) is 5.91 Å². The highest BCUT2D eigenvalue weighted by Crippen LogP contribution is 2.28. The first-order chi connectivity index (χ1) is 18.0. The molecule has 3 aromatic carbocycles. The van der Waals surface area contributed by atoms with Crippen molar-refractivity contribution in [3.8, 4) is 0 Å². The van der Waals surface area contributed by atoms with E-state index in [9.17, 15) is 32.3 Å². The lowest BCUT2D eigenvalue weighted by Crippen LogP contribution is -2.47. The van der Waals surface area contributed by atoms with Crippen LogP contribution in [-0.2, 0) is 4.79 Å². The Labute approximate surface area is 214 Å². The summed E-state index contributed by atoms with van der Waals surface area (Å²) in [5.41, 5.74) is 2.16. The zero-order valence-corrected chi connectivity index (χ0v) is 19.8. The Kier molecular flexibility index (Phi) is 8.89. The SMILES string of the molecule is O=C(Nc1ccc(N2CCN(c3ccccc3F)CC2)c(C(=O)O)c1)c1ccccc1.O=C(O)C(F)(F)F. The van der Waals surface area contributed by atoms with Crippen molar-refractivity contribution >= 4 is 34.9 Å². The molecule has 0 aliphatic carbocycles. The van der Waals surface area contributed by atoms with Gasteiger partial charge in [-0.05, 0) is 42.5 Å². The smallest absolute Gasteiger partial charge is 0.478 e. The summed E-state index contributed by atoms with van der Waals surface area (Å²) in [5.74, 6) is -4.39. The highest BCUT2D eigenvalue weighted by atomic mass is 19.4. The molecule has 0 spiro atoms. The van der Waals surface area contributed by atoms with Gasteiger partial charge in [-0.2, -0.15) is 13.2 Å². The number of hydrogen-bond acceptors (Lipinski definition) is 5. The predicted octanol–water partition coefficient (Wildman–Crippen LogP) is 4.74. The van der Waals surface area contributed by atoms with Crippen molar-refractivity contribution < 1.29 is 42.2 Å². The molecule has 0 bridgehead atoms. The molecule has 3 aromatic rings. The molecule has 38 heavy (non-hydrogen) atoms. The lowest BCUT2D eigenvalue weighted by Gasteiger charge is -2.38. The normalized spacial score (nSPS) is 13.3. The molecule has 4 rings (SSSR count). The molecule has 1 aliphatic heterocycles. The quantitative estimate of drug-likeness (QED) is 0.407. The van der Waals surface area contributed by atoms with E-state index < -0.39 is 18.1 Å². The van der Waals surface area contributed by atoms with Crippen LogP contribution in [0.1, 0.15) is 20.7 Å². The maximum absolute atomic E-state index is 14.1. The number of aromatic carboxylic acids is 1. The number of nitrogens with one attached hydrogen (secondary N) is 1. The molecule has 1 heterocycles. The maximum Gasteiger partial charge on any atom is 0.490 e. The first kappa shape index (κ1) is 28.0. The van der Waals surface area contributed by atoms with Gasteiger partial charge >= 0.3 is 18.1 Å². The fourth-order valence-electron chi connectivity index (χ4n) is 3.75. The number of carbonyl (C=O) groups is 3. The Morgan fingerprint density at radius 3 is 1.82 bits per heavy atom. The average molecular weight is 533 g/mol. The number of anilines is 3. The lowest BCUT2D eigenvalue weighted by atomic mass is 10.1. The highest BCUT2D eigenvalue weighted by Gasteiger charge is 2.38. The second-order valence-electron chi connectivity index (χ2n) is 8.09. The van der Waals surface area contributed by atoms with E-state index in [0.29, 0.717) is 48.8 Å². The second-order valence-corrected chi connectivity index (χ2v) is 8.09. The number of carboxylic acids is 2. The van der Waals surface area contributed by atoms with Gasteiger partial charge in [0.2, 0.25) is 0 Å². The van der Waals surface area contributed by atoms with E-state index in [1.807, 2.05) is 15.9 Å². The Hall–Kier alpha value is -4.61. The van der Waals surface area contributed by atoms with Gasteiger partial charge in [0.1, 0.15) is 5.82 Å². The molecule has 0 aromatic heterocycles. The molecule has 1 amide bonds. The summed E-state index contributed by atoms with van der Waals surface area (Å²) in [6.45, 7) is 2.27. The first-order valence-electron chi connectivity index (χ1n) is 11.3. The summed E-state index contributed by atoms with van der Waals surface area (Å²) in [4.78, 5) is 37.1. The number of benzene rings is 3. The number of carboxylic acid groups (broad SMARTS) is 2. The van der Waals surface area contributed by atoms with E-state index in [0.717, 1.165) is 0 Å². The van der Waals surface area contributed by atoms with E-state index in [1.165, 1.54) is 12.1 Å². The molecule has 0 saturated carbocycles. The van der Waals surface area contributed by atoms with Gasteiger partial charge in [0.05, 0.1) is 16.9 Å². The molecule has 1 saturated heterocycles. The number of nitrogens with zero attached hydrogens (tertiary/aromatic N) is 2. The van der Waals surface area contributed by atoms with E-state index in [2.05, 4.69) is 5.32 Å². The largest absolute Gasteiger partial charge is 0.490 e. The summed E-state index contributed by atoms with van der Waals surface area (Å²) < 4.78 is 45.8. The Morgan fingerprint density at radius 1 is 0.763 bits per heavy atom. The molecular formula is C26H23F4N3O5. The van der Waals surface area contributed by atoms with Crippen molar-refractivity contribution in [3.05, 3.63) is 89.7 Å². The molecule has 0 unspecified atom stereocenters. The van der Waals surface area contributed by atoms with E-state index in [1.54, 1.807) is 54.6 Å². The van der Waals surface area contributed by atoms with Crippen LogP contribution in [0.15, 0.2) is 72.8 Å². The molecule has 0 atom stereocenters.